The third-order valence-electron chi connectivity index (χ3n) is 4.16. The van der Waals surface area contributed by atoms with Gasteiger partial charge in [0, 0.05) is 18.4 Å². The SMILES string of the molecule is CS(=O)(=O)C1(C(=O)NCc2ccccc2OC(F)F)CCNCC1.Cl. The highest BCUT2D eigenvalue weighted by atomic mass is 35.5. The molecule has 1 aliphatic rings. The number of nitrogens with one attached hydrogen (secondary N) is 2. The smallest absolute Gasteiger partial charge is 0.387 e. The highest BCUT2D eigenvalue weighted by Crippen LogP contribution is 2.28. The molecule has 0 spiro atoms. The third-order valence-corrected chi connectivity index (χ3v) is 6.18. The number of halogens is 3. The van der Waals surface area contributed by atoms with Gasteiger partial charge in [-0.3, -0.25) is 4.79 Å². The molecule has 0 aliphatic carbocycles. The highest BCUT2D eigenvalue weighted by Gasteiger charge is 2.48. The standard InChI is InChI=1S/C15H20F2N2O4S.ClH/c1-24(21,22)15(6-8-18-9-7-15)13(20)19-10-11-4-2-3-5-12(11)23-14(16)17;/h2-5,14,18H,6-10H2,1H3,(H,19,20);1H. The Hall–Kier alpha value is -1.45. The number of hydrogen-bond donors (Lipinski definition) is 2. The summed E-state index contributed by atoms with van der Waals surface area (Å²) >= 11 is 0. The molecule has 1 heterocycles. The van der Waals surface area contributed by atoms with Crippen molar-refractivity contribution in [3.63, 3.8) is 0 Å². The number of amides is 1. The van der Waals surface area contributed by atoms with Crippen molar-refractivity contribution in [1.29, 1.82) is 0 Å². The number of carbonyl (C=O) groups is 1. The summed E-state index contributed by atoms with van der Waals surface area (Å²) in [7, 11) is -3.62. The van der Waals surface area contributed by atoms with Crippen LogP contribution in [-0.4, -0.2) is 45.0 Å². The molecule has 0 unspecified atom stereocenters. The summed E-state index contributed by atoms with van der Waals surface area (Å²) in [5.74, 6) is -0.662. The lowest BCUT2D eigenvalue weighted by atomic mass is 9.95. The molecule has 1 saturated heterocycles. The van der Waals surface area contributed by atoms with Crippen LogP contribution in [0.4, 0.5) is 8.78 Å². The van der Waals surface area contributed by atoms with Crippen molar-refractivity contribution in [2.75, 3.05) is 19.3 Å². The Morgan fingerprint density at radius 1 is 1.32 bits per heavy atom. The molecule has 6 nitrogen and oxygen atoms in total. The third kappa shape index (κ3) is 5.02. The summed E-state index contributed by atoms with van der Waals surface area (Å²) in [6, 6.07) is 6.06. The Labute approximate surface area is 151 Å². The maximum absolute atomic E-state index is 12.6. The minimum absolute atomic E-state index is 0. The van der Waals surface area contributed by atoms with Gasteiger partial charge < -0.3 is 15.4 Å². The highest BCUT2D eigenvalue weighted by molar-refractivity contribution is 7.92. The largest absolute Gasteiger partial charge is 0.434 e. The van der Waals surface area contributed by atoms with Crippen LogP contribution in [0.15, 0.2) is 24.3 Å². The second-order valence-corrected chi connectivity index (χ2v) is 8.01. The van der Waals surface area contributed by atoms with E-state index in [0.29, 0.717) is 18.7 Å². The molecule has 1 fully saturated rings. The van der Waals surface area contributed by atoms with Gasteiger partial charge in [-0.2, -0.15) is 8.78 Å². The quantitative estimate of drug-likeness (QED) is 0.758. The molecular formula is C15H21ClF2N2O4S. The lowest BCUT2D eigenvalue weighted by molar-refractivity contribution is -0.124. The normalized spacial score (nSPS) is 16.8. The van der Waals surface area contributed by atoms with Crippen LogP contribution < -0.4 is 15.4 Å². The van der Waals surface area contributed by atoms with E-state index in [-0.39, 0.29) is 37.5 Å². The van der Waals surface area contributed by atoms with Crippen LogP contribution >= 0.6 is 12.4 Å². The minimum Gasteiger partial charge on any atom is -0.434 e. The van der Waals surface area contributed by atoms with Gasteiger partial charge in [-0.15, -0.1) is 12.4 Å². The molecule has 0 saturated carbocycles. The van der Waals surface area contributed by atoms with Crippen LogP contribution in [0, 0.1) is 0 Å². The number of alkyl halides is 2. The molecule has 1 aromatic carbocycles. The molecule has 1 amide bonds. The molecule has 2 N–H and O–H groups in total. The van der Waals surface area contributed by atoms with Crippen LogP contribution in [0.3, 0.4) is 0 Å². The van der Waals surface area contributed by atoms with Gasteiger partial charge in [-0.1, -0.05) is 18.2 Å². The molecule has 1 aromatic rings. The van der Waals surface area contributed by atoms with Crippen molar-refractivity contribution in [3.05, 3.63) is 29.8 Å². The van der Waals surface area contributed by atoms with Gasteiger partial charge in [-0.25, -0.2) is 8.42 Å². The number of hydrogen-bond acceptors (Lipinski definition) is 5. The average molecular weight is 399 g/mol. The number of benzene rings is 1. The predicted molar refractivity (Wildman–Crippen MR) is 91.8 cm³/mol. The van der Waals surface area contributed by atoms with E-state index in [1.54, 1.807) is 6.07 Å². The van der Waals surface area contributed by atoms with E-state index >= 15 is 0 Å². The number of para-hydroxylation sites is 1. The fourth-order valence-corrected chi connectivity index (χ4v) is 4.15. The molecule has 1 aliphatic heterocycles. The van der Waals surface area contributed by atoms with Crippen LogP contribution in [0.2, 0.25) is 0 Å². The summed E-state index contributed by atoms with van der Waals surface area (Å²) in [5, 5.41) is 5.58. The van der Waals surface area contributed by atoms with Crippen molar-refractivity contribution in [2.45, 2.75) is 30.7 Å². The molecule has 142 valence electrons. The summed E-state index contributed by atoms with van der Waals surface area (Å²) in [6.07, 6.45) is 1.39. The summed E-state index contributed by atoms with van der Waals surface area (Å²) in [6.45, 7) is -2.22. The predicted octanol–water partition coefficient (Wildman–Crippen LogP) is 1.49. The van der Waals surface area contributed by atoms with E-state index in [4.69, 9.17) is 0 Å². The van der Waals surface area contributed by atoms with Gasteiger partial charge in [0.2, 0.25) is 5.91 Å². The molecule has 0 radical (unpaired) electrons. The second-order valence-electron chi connectivity index (χ2n) is 5.69. The number of rotatable bonds is 6. The lowest BCUT2D eigenvalue weighted by Gasteiger charge is -2.34. The van der Waals surface area contributed by atoms with Crippen molar-refractivity contribution < 1.29 is 26.7 Å². The van der Waals surface area contributed by atoms with Crippen LogP contribution in [0.25, 0.3) is 0 Å². The van der Waals surface area contributed by atoms with E-state index in [9.17, 15) is 22.0 Å². The molecular weight excluding hydrogens is 378 g/mol. The van der Waals surface area contributed by atoms with Gasteiger partial charge in [0.05, 0.1) is 0 Å². The van der Waals surface area contributed by atoms with E-state index < -0.39 is 27.1 Å². The summed E-state index contributed by atoms with van der Waals surface area (Å²) < 4.78 is 52.1. The summed E-state index contributed by atoms with van der Waals surface area (Å²) in [5.41, 5.74) is 0.351. The fourth-order valence-electron chi connectivity index (χ4n) is 2.79. The van der Waals surface area contributed by atoms with Gasteiger partial charge >= 0.3 is 6.61 Å². The first-order valence-corrected chi connectivity index (χ1v) is 9.37. The zero-order chi connectivity index (χ0) is 17.8. The number of sulfone groups is 1. The van der Waals surface area contributed by atoms with Crippen molar-refractivity contribution in [3.8, 4) is 5.75 Å². The van der Waals surface area contributed by atoms with E-state index in [1.807, 2.05) is 0 Å². The zero-order valence-electron chi connectivity index (χ0n) is 13.6. The molecule has 0 atom stereocenters. The van der Waals surface area contributed by atoms with Crippen LogP contribution in [0.1, 0.15) is 18.4 Å². The van der Waals surface area contributed by atoms with Crippen molar-refractivity contribution >= 4 is 28.2 Å². The fraction of sp³-hybridized carbons (Fsp3) is 0.533. The maximum atomic E-state index is 12.6. The molecule has 0 aromatic heterocycles. The number of carbonyl (C=O) groups excluding carboxylic acids is 1. The zero-order valence-corrected chi connectivity index (χ0v) is 15.3. The van der Waals surface area contributed by atoms with Crippen molar-refractivity contribution in [1.82, 2.24) is 10.6 Å². The van der Waals surface area contributed by atoms with Crippen LogP contribution in [0.5, 0.6) is 5.75 Å². The summed E-state index contributed by atoms with van der Waals surface area (Å²) in [4.78, 5) is 12.6. The topological polar surface area (TPSA) is 84.5 Å². The van der Waals surface area contributed by atoms with E-state index in [2.05, 4.69) is 15.4 Å². The van der Waals surface area contributed by atoms with Gasteiger partial charge in [0.1, 0.15) is 5.75 Å². The van der Waals surface area contributed by atoms with Crippen LogP contribution in [-0.2, 0) is 21.2 Å². The monoisotopic (exact) mass is 398 g/mol. The number of ether oxygens (including phenoxy) is 1. The van der Waals surface area contributed by atoms with Gasteiger partial charge in [0.25, 0.3) is 0 Å². The Morgan fingerprint density at radius 2 is 1.92 bits per heavy atom. The molecule has 2 rings (SSSR count). The lowest BCUT2D eigenvalue weighted by Crippen LogP contribution is -2.57. The second kappa shape index (κ2) is 8.77. The first-order valence-electron chi connectivity index (χ1n) is 7.47. The average Bonchev–Trinajstić information content (AvgIpc) is 2.53. The van der Waals surface area contributed by atoms with E-state index in [1.165, 1.54) is 18.2 Å². The van der Waals surface area contributed by atoms with Crippen molar-refractivity contribution in [2.24, 2.45) is 0 Å². The first kappa shape index (κ1) is 21.6. The van der Waals surface area contributed by atoms with E-state index in [0.717, 1.165) is 6.26 Å². The Kier molecular flexibility index (Phi) is 7.58. The van der Waals surface area contributed by atoms with Gasteiger partial charge in [-0.05, 0) is 32.0 Å². The maximum Gasteiger partial charge on any atom is 0.387 e. The Balaban J connectivity index is 0.00000312. The molecule has 25 heavy (non-hydrogen) atoms. The Morgan fingerprint density at radius 3 is 2.48 bits per heavy atom. The first-order chi connectivity index (χ1) is 11.3. The molecule has 10 heteroatoms. The van der Waals surface area contributed by atoms with Gasteiger partial charge in [0.15, 0.2) is 14.6 Å². The molecule has 0 bridgehead atoms. The Bertz CT molecular complexity index is 695. The minimum atomic E-state index is -3.62. The number of piperidine rings is 1.